The van der Waals surface area contributed by atoms with Crippen molar-refractivity contribution < 1.29 is 46.7 Å². The van der Waals surface area contributed by atoms with Gasteiger partial charge in [0.15, 0.2) is 23.0 Å². The molecule has 138 valence electrons. The normalized spacial score (nSPS) is 22.0. The number of hydrogen-bond donors (Lipinski definition) is 5. The molecule has 0 spiro atoms. The summed E-state index contributed by atoms with van der Waals surface area (Å²) in [7, 11) is 0. The SMILES string of the molecule is O.O.O.Oc1cc2c(cc1O)[C@@H]1c3ccc(O)c(O)c3OC[C@]1(O)C2. The van der Waals surface area contributed by atoms with Gasteiger partial charge in [0.1, 0.15) is 12.2 Å². The van der Waals surface area contributed by atoms with Crippen LogP contribution in [-0.2, 0) is 6.42 Å². The Morgan fingerprint density at radius 1 is 0.880 bits per heavy atom. The summed E-state index contributed by atoms with van der Waals surface area (Å²) in [6.45, 7) is -0.0577. The Bertz CT molecular complexity index is 805. The molecule has 0 saturated heterocycles. The van der Waals surface area contributed by atoms with E-state index < -0.39 is 11.5 Å². The molecule has 2 aromatic rings. The maximum absolute atomic E-state index is 10.9. The van der Waals surface area contributed by atoms with Gasteiger partial charge in [0.05, 0.1) is 0 Å². The number of fused-ring (bicyclic) bond motifs is 5. The van der Waals surface area contributed by atoms with Gasteiger partial charge in [-0.3, -0.25) is 0 Å². The van der Waals surface area contributed by atoms with E-state index in [1.165, 1.54) is 18.2 Å². The van der Waals surface area contributed by atoms with E-state index in [-0.39, 0.29) is 58.2 Å². The van der Waals surface area contributed by atoms with Crippen LogP contribution in [0.2, 0.25) is 0 Å². The van der Waals surface area contributed by atoms with Gasteiger partial charge in [-0.1, -0.05) is 6.07 Å². The van der Waals surface area contributed by atoms with Crippen LogP contribution in [0, 0.1) is 0 Å². The predicted molar refractivity (Wildman–Crippen MR) is 86.4 cm³/mol. The van der Waals surface area contributed by atoms with Gasteiger partial charge in [0.2, 0.25) is 5.75 Å². The summed E-state index contributed by atoms with van der Waals surface area (Å²) in [5.41, 5.74) is 0.700. The minimum atomic E-state index is -1.22. The molecule has 1 aliphatic heterocycles. The molecular formula is C16H20O9. The van der Waals surface area contributed by atoms with Gasteiger partial charge in [0.25, 0.3) is 0 Å². The van der Waals surface area contributed by atoms with Crippen molar-refractivity contribution in [1.82, 2.24) is 0 Å². The number of benzene rings is 2. The first-order valence-electron chi connectivity index (χ1n) is 6.85. The van der Waals surface area contributed by atoms with Crippen LogP contribution in [0.4, 0.5) is 0 Å². The third kappa shape index (κ3) is 2.59. The average Bonchev–Trinajstić information content (AvgIpc) is 2.75. The van der Waals surface area contributed by atoms with Crippen LogP contribution in [0.1, 0.15) is 22.6 Å². The lowest BCUT2D eigenvalue weighted by Gasteiger charge is -2.36. The monoisotopic (exact) mass is 356 g/mol. The van der Waals surface area contributed by atoms with Crippen LogP contribution < -0.4 is 4.74 Å². The Hall–Kier alpha value is -2.72. The van der Waals surface area contributed by atoms with Crippen LogP contribution in [0.25, 0.3) is 0 Å². The summed E-state index contributed by atoms with van der Waals surface area (Å²) in [6, 6.07) is 5.77. The van der Waals surface area contributed by atoms with Gasteiger partial charge < -0.3 is 46.7 Å². The van der Waals surface area contributed by atoms with E-state index in [0.29, 0.717) is 16.7 Å². The number of aliphatic hydroxyl groups is 1. The van der Waals surface area contributed by atoms with E-state index >= 15 is 0 Å². The first kappa shape index (κ1) is 20.3. The third-order valence-electron chi connectivity index (χ3n) is 4.50. The Labute approximate surface area is 141 Å². The minimum Gasteiger partial charge on any atom is -0.504 e. The van der Waals surface area contributed by atoms with E-state index in [0.717, 1.165) is 0 Å². The molecule has 2 atom stereocenters. The Balaban J connectivity index is 0.00000104. The zero-order valence-electron chi connectivity index (χ0n) is 12.9. The number of phenols is 4. The topological polar surface area (TPSA) is 205 Å². The van der Waals surface area contributed by atoms with E-state index in [4.69, 9.17) is 4.74 Å². The maximum Gasteiger partial charge on any atom is 0.200 e. The highest BCUT2D eigenvalue weighted by Crippen LogP contribution is 2.55. The standard InChI is InChI=1S/C16H14O6.3H2O/c17-10-2-1-8-13-9-4-12(19)11(18)3-7(9)5-16(13,21)6-22-15(8)14(10)20;;;/h1-4,13,17-21H,5-6H2;3*1H2/t13-,16+;;;/m0.../s1. The van der Waals surface area contributed by atoms with Crippen molar-refractivity contribution in [2.75, 3.05) is 6.61 Å². The molecule has 0 fully saturated rings. The highest BCUT2D eigenvalue weighted by Gasteiger charge is 2.51. The number of rotatable bonds is 0. The van der Waals surface area contributed by atoms with Crippen LogP contribution in [-0.4, -0.2) is 54.2 Å². The summed E-state index contributed by atoms with van der Waals surface area (Å²) in [6.07, 6.45) is 0.266. The fraction of sp³-hybridized carbons (Fsp3) is 0.250. The lowest BCUT2D eigenvalue weighted by molar-refractivity contribution is -0.0228. The second kappa shape index (κ2) is 6.30. The Morgan fingerprint density at radius 3 is 2.20 bits per heavy atom. The number of phenolic OH excluding ortho intramolecular Hbond substituents is 4. The van der Waals surface area contributed by atoms with Crippen LogP contribution in [0.5, 0.6) is 28.7 Å². The van der Waals surface area contributed by atoms with E-state index in [1.54, 1.807) is 6.07 Å². The largest absolute Gasteiger partial charge is 0.504 e. The highest BCUT2D eigenvalue weighted by atomic mass is 16.5. The zero-order chi connectivity index (χ0) is 15.6. The summed E-state index contributed by atoms with van der Waals surface area (Å²) < 4.78 is 5.46. The average molecular weight is 356 g/mol. The molecular weight excluding hydrogens is 336 g/mol. The molecule has 0 radical (unpaired) electrons. The third-order valence-corrected chi connectivity index (χ3v) is 4.50. The van der Waals surface area contributed by atoms with Gasteiger partial charge in [0, 0.05) is 17.9 Å². The van der Waals surface area contributed by atoms with Gasteiger partial charge in [-0.05, 0) is 29.3 Å². The maximum atomic E-state index is 10.9. The molecule has 1 heterocycles. The fourth-order valence-corrected chi connectivity index (χ4v) is 3.52. The predicted octanol–water partition coefficient (Wildman–Crippen LogP) is -1.15. The van der Waals surface area contributed by atoms with E-state index in [9.17, 15) is 25.5 Å². The first-order chi connectivity index (χ1) is 10.4. The Morgan fingerprint density at radius 2 is 1.52 bits per heavy atom. The number of aromatic hydroxyl groups is 4. The van der Waals surface area contributed by atoms with Gasteiger partial charge in [-0.15, -0.1) is 0 Å². The smallest absolute Gasteiger partial charge is 0.200 e. The molecule has 4 rings (SSSR count). The zero-order valence-corrected chi connectivity index (χ0v) is 12.9. The molecule has 0 amide bonds. The van der Waals surface area contributed by atoms with Crippen LogP contribution in [0.15, 0.2) is 24.3 Å². The molecule has 1 aliphatic carbocycles. The number of ether oxygens (including phenoxy) is 1. The molecule has 0 aromatic heterocycles. The molecule has 0 saturated carbocycles. The Kier molecular flexibility index (Phi) is 5.12. The van der Waals surface area contributed by atoms with Crippen LogP contribution >= 0.6 is 0 Å². The van der Waals surface area contributed by atoms with Crippen molar-refractivity contribution in [2.24, 2.45) is 0 Å². The van der Waals surface area contributed by atoms with Gasteiger partial charge in [-0.2, -0.15) is 0 Å². The van der Waals surface area contributed by atoms with E-state index in [2.05, 4.69) is 0 Å². The van der Waals surface area contributed by atoms with Gasteiger partial charge >= 0.3 is 0 Å². The summed E-state index contributed by atoms with van der Waals surface area (Å²) in [5, 5.41) is 49.8. The van der Waals surface area contributed by atoms with Gasteiger partial charge in [-0.25, -0.2) is 0 Å². The molecule has 2 aromatic carbocycles. The molecule has 25 heavy (non-hydrogen) atoms. The van der Waals surface area contributed by atoms with Crippen molar-refractivity contribution >= 4 is 0 Å². The molecule has 11 N–H and O–H groups in total. The summed E-state index contributed by atoms with van der Waals surface area (Å²) in [4.78, 5) is 0. The van der Waals surface area contributed by atoms with Crippen molar-refractivity contribution in [3.63, 3.8) is 0 Å². The van der Waals surface area contributed by atoms with Crippen molar-refractivity contribution in [3.05, 3.63) is 41.0 Å². The van der Waals surface area contributed by atoms with Crippen molar-refractivity contribution in [2.45, 2.75) is 17.9 Å². The quantitative estimate of drug-likeness (QED) is 0.368. The molecule has 2 aliphatic rings. The van der Waals surface area contributed by atoms with Crippen molar-refractivity contribution in [3.8, 4) is 28.7 Å². The second-order valence-corrected chi connectivity index (χ2v) is 5.89. The number of hydrogen-bond acceptors (Lipinski definition) is 6. The molecule has 0 unspecified atom stereocenters. The highest BCUT2D eigenvalue weighted by molar-refractivity contribution is 5.63. The summed E-state index contributed by atoms with van der Waals surface area (Å²) in [5.74, 6) is -1.54. The second-order valence-electron chi connectivity index (χ2n) is 5.89. The summed E-state index contributed by atoms with van der Waals surface area (Å²) >= 11 is 0. The molecule has 9 heteroatoms. The molecule has 9 nitrogen and oxygen atoms in total. The minimum absolute atomic E-state index is 0. The van der Waals surface area contributed by atoms with E-state index in [1.807, 2.05) is 0 Å². The first-order valence-corrected chi connectivity index (χ1v) is 6.85. The lowest BCUT2D eigenvalue weighted by atomic mass is 9.80. The van der Waals surface area contributed by atoms with Crippen LogP contribution in [0.3, 0.4) is 0 Å². The molecule has 0 bridgehead atoms. The fourth-order valence-electron chi connectivity index (χ4n) is 3.52. The lowest BCUT2D eigenvalue weighted by Crippen LogP contribution is -2.43. The van der Waals surface area contributed by atoms with Crippen molar-refractivity contribution in [1.29, 1.82) is 0 Å².